The summed E-state index contributed by atoms with van der Waals surface area (Å²) >= 11 is 0. The first-order valence-corrected chi connectivity index (χ1v) is 10.5. The Labute approximate surface area is 186 Å². The van der Waals surface area contributed by atoms with Gasteiger partial charge in [0.05, 0.1) is 17.2 Å². The van der Waals surface area contributed by atoms with Crippen molar-refractivity contribution in [2.75, 3.05) is 5.32 Å². The summed E-state index contributed by atoms with van der Waals surface area (Å²) in [6, 6.07) is 22.0. The van der Waals surface area contributed by atoms with E-state index in [0.717, 1.165) is 10.5 Å². The molecule has 0 saturated carbocycles. The number of anilines is 1. The molecule has 3 amide bonds. The number of rotatable bonds is 7. The minimum absolute atomic E-state index is 0.0412. The molecule has 1 heterocycles. The summed E-state index contributed by atoms with van der Waals surface area (Å²) in [5, 5.41) is 2.85. The molecule has 0 spiro atoms. The van der Waals surface area contributed by atoms with E-state index in [1.165, 1.54) is 0 Å². The summed E-state index contributed by atoms with van der Waals surface area (Å²) in [7, 11) is 0. The predicted octanol–water partition coefficient (Wildman–Crippen LogP) is 4.32. The Balaban J connectivity index is 1.61. The first kappa shape index (κ1) is 21.3. The fourth-order valence-electron chi connectivity index (χ4n) is 3.74. The number of nitrogens with zero attached hydrogens (tertiary/aromatic N) is 1. The van der Waals surface area contributed by atoms with Crippen molar-refractivity contribution in [2.45, 2.75) is 32.4 Å². The number of imide groups is 1. The zero-order valence-electron chi connectivity index (χ0n) is 17.9. The van der Waals surface area contributed by atoms with Gasteiger partial charge in [-0.2, -0.15) is 0 Å². The molecule has 6 heteroatoms. The van der Waals surface area contributed by atoms with E-state index in [0.29, 0.717) is 22.6 Å². The molecule has 4 rings (SSSR count). The minimum Gasteiger partial charge on any atom is -0.491 e. The second-order valence-electron chi connectivity index (χ2n) is 7.91. The number of amides is 3. The number of benzene rings is 3. The van der Waals surface area contributed by atoms with Gasteiger partial charge in [-0.1, -0.05) is 42.5 Å². The molecule has 1 aliphatic heterocycles. The van der Waals surface area contributed by atoms with E-state index in [9.17, 15) is 14.4 Å². The van der Waals surface area contributed by atoms with E-state index in [1.807, 2.05) is 44.2 Å². The zero-order chi connectivity index (χ0) is 22.7. The molecule has 0 aromatic heterocycles. The molecule has 32 heavy (non-hydrogen) atoms. The standard InChI is InChI=1S/C26H24N2O4/c1-17(2)32-20-14-12-19(13-15-20)27-24(29)23(16-18-8-4-3-5-9-18)28-25(30)21-10-6-7-11-22(21)26(28)31/h3-15,17,23H,16H2,1-2H3,(H,27,29)/t23-/m1/s1. The maximum absolute atomic E-state index is 13.3. The molecule has 162 valence electrons. The van der Waals surface area contributed by atoms with Gasteiger partial charge in [0.15, 0.2) is 0 Å². The number of fused-ring (bicyclic) bond motifs is 1. The third-order valence-corrected chi connectivity index (χ3v) is 5.21. The maximum Gasteiger partial charge on any atom is 0.262 e. The van der Waals surface area contributed by atoms with Gasteiger partial charge in [0.25, 0.3) is 11.8 Å². The lowest BCUT2D eigenvalue weighted by atomic mass is 10.0. The summed E-state index contributed by atoms with van der Waals surface area (Å²) in [5.41, 5.74) is 2.04. The van der Waals surface area contributed by atoms with Crippen molar-refractivity contribution in [1.82, 2.24) is 4.90 Å². The predicted molar refractivity (Wildman–Crippen MR) is 122 cm³/mol. The first-order valence-electron chi connectivity index (χ1n) is 10.5. The summed E-state index contributed by atoms with van der Waals surface area (Å²) < 4.78 is 5.64. The highest BCUT2D eigenvalue weighted by Gasteiger charge is 2.42. The van der Waals surface area contributed by atoms with Gasteiger partial charge < -0.3 is 10.1 Å². The van der Waals surface area contributed by atoms with Crippen molar-refractivity contribution in [3.05, 3.63) is 95.6 Å². The SMILES string of the molecule is CC(C)Oc1ccc(NC(=O)[C@@H](Cc2ccccc2)N2C(=O)c3ccccc3C2=O)cc1. The van der Waals surface area contributed by atoms with Gasteiger partial charge in [-0.3, -0.25) is 19.3 Å². The molecule has 0 fully saturated rings. The second-order valence-corrected chi connectivity index (χ2v) is 7.91. The lowest BCUT2D eigenvalue weighted by Crippen LogP contribution is -2.48. The van der Waals surface area contributed by atoms with Crippen LogP contribution in [0.4, 0.5) is 5.69 Å². The molecule has 0 radical (unpaired) electrons. The van der Waals surface area contributed by atoms with E-state index in [-0.39, 0.29) is 12.5 Å². The maximum atomic E-state index is 13.3. The Morgan fingerprint density at radius 1 is 0.844 bits per heavy atom. The lowest BCUT2D eigenvalue weighted by molar-refractivity contribution is -0.119. The number of nitrogens with one attached hydrogen (secondary N) is 1. The highest BCUT2D eigenvalue weighted by Crippen LogP contribution is 2.27. The zero-order valence-corrected chi connectivity index (χ0v) is 17.9. The summed E-state index contributed by atoms with van der Waals surface area (Å²) in [4.78, 5) is 40.5. The summed E-state index contributed by atoms with van der Waals surface area (Å²) in [5.74, 6) is -0.648. The van der Waals surface area contributed by atoms with Gasteiger partial charge in [-0.15, -0.1) is 0 Å². The number of hydrogen-bond acceptors (Lipinski definition) is 4. The van der Waals surface area contributed by atoms with E-state index < -0.39 is 23.8 Å². The smallest absolute Gasteiger partial charge is 0.262 e. The van der Waals surface area contributed by atoms with Gasteiger partial charge in [0, 0.05) is 12.1 Å². The van der Waals surface area contributed by atoms with Crippen LogP contribution in [0.1, 0.15) is 40.1 Å². The van der Waals surface area contributed by atoms with Crippen LogP contribution in [0, 0.1) is 0 Å². The Morgan fingerprint density at radius 3 is 1.97 bits per heavy atom. The fourth-order valence-corrected chi connectivity index (χ4v) is 3.74. The largest absolute Gasteiger partial charge is 0.491 e. The van der Waals surface area contributed by atoms with Crippen LogP contribution in [0.15, 0.2) is 78.9 Å². The van der Waals surface area contributed by atoms with Crippen LogP contribution in [0.25, 0.3) is 0 Å². The van der Waals surface area contributed by atoms with Crippen molar-refractivity contribution in [3.8, 4) is 5.75 Å². The average Bonchev–Trinajstić information content (AvgIpc) is 3.04. The number of hydrogen-bond donors (Lipinski definition) is 1. The van der Waals surface area contributed by atoms with Crippen molar-refractivity contribution in [3.63, 3.8) is 0 Å². The van der Waals surface area contributed by atoms with Gasteiger partial charge in [-0.25, -0.2) is 0 Å². The summed E-state index contributed by atoms with van der Waals surface area (Å²) in [6.07, 6.45) is 0.256. The van der Waals surface area contributed by atoms with Crippen molar-refractivity contribution >= 4 is 23.4 Å². The van der Waals surface area contributed by atoms with Gasteiger partial charge in [0.1, 0.15) is 11.8 Å². The van der Waals surface area contributed by atoms with E-state index >= 15 is 0 Å². The molecule has 1 N–H and O–H groups in total. The van der Waals surface area contributed by atoms with Gasteiger partial charge in [-0.05, 0) is 55.8 Å². The normalized spacial score (nSPS) is 13.8. The third-order valence-electron chi connectivity index (χ3n) is 5.21. The first-order chi connectivity index (χ1) is 15.4. The molecule has 1 atom stereocenters. The van der Waals surface area contributed by atoms with Gasteiger partial charge in [0.2, 0.25) is 5.91 Å². The van der Waals surface area contributed by atoms with Crippen LogP contribution in [0.5, 0.6) is 5.75 Å². The van der Waals surface area contributed by atoms with Gasteiger partial charge >= 0.3 is 0 Å². The van der Waals surface area contributed by atoms with Crippen molar-refractivity contribution < 1.29 is 19.1 Å². The quantitative estimate of drug-likeness (QED) is 0.569. The molecule has 0 bridgehead atoms. The van der Waals surface area contributed by atoms with Crippen LogP contribution >= 0.6 is 0 Å². The number of carbonyl (C=O) groups excluding carboxylic acids is 3. The Kier molecular flexibility index (Phi) is 6.03. The molecule has 3 aromatic carbocycles. The van der Waals surface area contributed by atoms with Crippen LogP contribution in [0.2, 0.25) is 0 Å². The van der Waals surface area contributed by atoms with Crippen LogP contribution in [-0.4, -0.2) is 34.8 Å². The van der Waals surface area contributed by atoms with E-state index in [2.05, 4.69) is 5.32 Å². The molecule has 0 aliphatic carbocycles. The molecule has 0 unspecified atom stereocenters. The Morgan fingerprint density at radius 2 is 1.41 bits per heavy atom. The molecule has 1 aliphatic rings. The minimum atomic E-state index is -0.989. The average molecular weight is 428 g/mol. The Bertz CT molecular complexity index is 1110. The molecule has 6 nitrogen and oxygen atoms in total. The fraction of sp³-hybridized carbons (Fsp3) is 0.192. The molecule has 3 aromatic rings. The summed E-state index contributed by atoms with van der Waals surface area (Å²) in [6.45, 7) is 3.87. The van der Waals surface area contributed by atoms with Crippen LogP contribution < -0.4 is 10.1 Å². The molecular formula is C26H24N2O4. The van der Waals surface area contributed by atoms with Crippen LogP contribution in [0.3, 0.4) is 0 Å². The monoisotopic (exact) mass is 428 g/mol. The molecule has 0 saturated heterocycles. The number of carbonyl (C=O) groups is 3. The van der Waals surface area contributed by atoms with E-state index in [4.69, 9.17) is 4.74 Å². The van der Waals surface area contributed by atoms with Crippen LogP contribution in [-0.2, 0) is 11.2 Å². The topological polar surface area (TPSA) is 75.7 Å². The van der Waals surface area contributed by atoms with Crippen molar-refractivity contribution in [2.24, 2.45) is 0 Å². The lowest BCUT2D eigenvalue weighted by Gasteiger charge is -2.25. The molecular weight excluding hydrogens is 404 g/mol. The highest BCUT2D eigenvalue weighted by molar-refractivity contribution is 6.23. The Hall–Kier alpha value is -3.93. The van der Waals surface area contributed by atoms with E-state index in [1.54, 1.807) is 48.5 Å². The second kappa shape index (κ2) is 9.06. The highest BCUT2D eigenvalue weighted by atomic mass is 16.5. The van der Waals surface area contributed by atoms with Crippen molar-refractivity contribution in [1.29, 1.82) is 0 Å². The third kappa shape index (κ3) is 4.39. The number of ether oxygens (including phenoxy) is 1.